The zero-order valence-corrected chi connectivity index (χ0v) is 9.63. The number of rotatable bonds is 4. The van der Waals surface area contributed by atoms with Crippen molar-refractivity contribution in [2.45, 2.75) is 6.42 Å². The third kappa shape index (κ3) is 2.82. The molecule has 0 aliphatic carbocycles. The first kappa shape index (κ1) is 12.0. The lowest BCUT2D eigenvalue weighted by molar-refractivity contribution is -0.136. The molecule has 0 unspecified atom stereocenters. The topological polar surface area (TPSA) is 66.5 Å². The first-order valence-corrected chi connectivity index (χ1v) is 5.55. The van der Waals surface area contributed by atoms with Gasteiger partial charge in [-0.1, -0.05) is 18.2 Å². The third-order valence-electron chi connectivity index (χ3n) is 2.52. The largest absolute Gasteiger partial charge is 0.326 e. The highest BCUT2D eigenvalue weighted by atomic mass is 16.2. The minimum absolute atomic E-state index is 0.0913. The van der Waals surface area contributed by atoms with Gasteiger partial charge in [0.2, 0.25) is 5.91 Å². The second-order valence-corrected chi connectivity index (χ2v) is 3.83. The summed E-state index contributed by atoms with van der Waals surface area (Å²) < 4.78 is 0. The van der Waals surface area contributed by atoms with E-state index in [1.165, 1.54) is 12.2 Å². The number of anilines is 1. The summed E-state index contributed by atoms with van der Waals surface area (Å²) in [6, 6.07) is 9.01. The van der Waals surface area contributed by atoms with E-state index in [-0.39, 0.29) is 30.7 Å². The minimum atomic E-state index is -0.368. The highest BCUT2D eigenvalue weighted by molar-refractivity contribution is 6.13. The van der Waals surface area contributed by atoms with Gasteiger partial charge >= 0.3 is 0 Å². The van der Waals surface area contributed by atoms with Crippen molar-refractivity contribution in [3.63, 3.8) is 0 Å². The Morgan fingerprint density at radius 1 is 1.06 bits per heavy atom. The molecular formula is C13H12N2O3. The molecule has 1 aliphatic rings. The first-order valence-electron chi connectivity index (χ1n) is 5.55. The molecule has 0 saturated heterocycles. The second-order valence-electron chi connectivity index (χ2n) is 3.83. The number of nitrogens with zero attached hydrogens (tertiary/aromatic N) is 1. The molecular weight excluding hydrogens is 232 g/mol. The Morgan fingerprint density at radius 2 is 1.67 bits per heavy atom. The predicted molar refractivity (Wildman–Crippen MR) is 65.5 cm³/mol. The number of nitrogens with one attached hydrogen (secondary N) is 1. The molecule has 3 amide bonds. The van der Waals surface area contributed by atoms with Gasteiger partial charge in [-0.15, -0.1) is 0 Å². The minimum Gasteiger partial charge on any atom is -0.326 e. The number of hydrogen-bond donors (Lipinski definition) is 1. The summed E-state index contributed by atoms with van der Waals surface area (Å²) in [6.07, 6.45) is 2.50. The summed E-state index contributed by atoms with van der Waals surface area (Å²) in [5.41, 5.74) is 0.694. The molecule has 1 aromatic rings. The van der Waals surface area contributed by atoms with Crippen molar-refractivity contribution in [3.8, 4) is 0 Å². The number of carbonyl (C=O) groups is 3. The Labute approximate surface area is 104 Å². The van der Waals surface area contributed by atoms with E-state index in [9.17, 15) is 14.4 Å². The quantitative estimate of drug-likeness (QED) is 0.801. The summed E-state index contributed by atoms with van der Waals surface area (Å²) in [4.78, 5) is 35.1. The molecule has 0 aromatic heterocycles. The lowest BCUT2D eigenvalue weighted by Crippen LogP contribution is -2.33. The van der Waals surface area contributed by atoms with E-state index < -0.39 is 0 Å². The molecule has 2 rings (SSSR count). The SMILES string of the molecule is O=C(CCN1C(=O)C=CC1=O)Nc1ccccc1. The van der Waals surface area contributed by atoms with Crippen LogP contribution >= 0.6 is 0 Å². The van der Waals surface area contributed by atoms with Crippen molar-refractivity contribution in [2.24, 2.45) is 0 Å². The molecule has 1 aliphatic heterocycles. The molecule has 92 valence electrons. The number of hydrogen-bond acceptors (Lipinski definition) is 3. The van der Waals surface area contributed by atoms with Crippen molar-refractivity contribution >= 4 is 23.4 Å². The zero-order chi connectivity index (χ0) is 13.0. The van der Waals surface area contributed by atoms with Crippen molar-refractivity contribution in [1.82, 2.24) is 4.90 Å². The first-order chi connectivity index (χ1) is 8.66. The van der Waals surface area contributed by atoms with Crippen LogP contribution in [0.4, 0.5) is 5.69 Å². The van der Waals surface area contributed by atoms with Crippen LogP contribution in [0.2, 0.25) is 0 Å². The van der Waals surface area contributed by atoms with Crippen LogP contribution in [0, 0.1) is 0 Å². The molecule has 1 N–H and O–H groups in total. The van der Waals surface area contributed by atoms with E-state index in [1.54, 1.807) is 12.1 Å². The van der Waals surface area contributed by atoms with E-state index in [0.29, 0.717) is 5.69 Å². The van der Waals surface area contributed by atoms with Crippen LogP contribution in [-0.2, 0) is 14.4 Å². The summed E-state index contributed by atoms with van der Waals surface area (Å²) in [6.45, 7) is 0.101. The number of carbonyl (C=O) groups excluding carboxylic acids is 3. The van der Waals surface area contributed by atoms with Crippen LogP contribution < -0.4 is 5.32 Å². The van der Waals surface area contributed by atoms with Gasteiger partial charge in [0.05, 0.1) is 0 Å². The van der Waals surface area contributed by atoms with Gasteiger partial charge in [0, 0.05) is 30.8 Å². The standard InChI is InChI=1S/C13H12N2O3/c16-11(14-10-4-2-1-3-5-10)8-9-15-12(17)6-7-13(15)18/h1-7H,8-9H2,(H,14,16). The molecule has 5 heteroatoms. The van der Waals surface area contributed by atoms with E-state index >= 15 is 0 Å². The van der Waals surface area contributed by atoms with E-state index in [1.807, 2.05) is 18.2 Å². The van der Waals surface area contributed by atoms with Crippen LogP contribution in [-0.4, -0.2) is 29.2 Å². The maximum atomic E-state index is 11.6. The maximum Gasteiger partial charge on any atom is 0.253 e. The Morgan fingerprint density at radius 3 is 2.28 bits per heavy atom. The Bertz CT molecular complexity index is 490. The summed E-state index contributed by atoms with van der Waals surface area (Å²) in [7, 11) is 0. The number of benzene rings is 1. The lowest BCUT2D eigenvalue weighted by atomic mass is 10.3. The average Bonchev–Trinajstić information content (AvgIpc) is 2.68. The van der Waals surface area contributed by atoms with Gasteiger partial charge in [-0.2, -0.15) is 0 Å². The molecule has 0 fully saturated rings. The van der Waals surface area contributed by atoms with Crippen LogP contribution in [0.5, 0.6) is 0 Å². The van der Waals surface area contributed by atoms with E-state index in [0.717, 1.165) is 4.90 Å². The Kier molecular flexibility index (Phi) is 3.52. The van der Waals surface area contributed by atoms with Gasteiger partial charge in [0.1, 0.15) is 0 Å². The molecule has 5 nitrogen and oxygen atoms in total. The molecule has 18 heavy (non-hydrogen) atoms. The third-order valence-corrected chi connectivity index (χ3v) is 2.52. The molecule has 0 spiro atoms. The molecule has 0 atom stereocenters. The summed E-state index contributed by atoms with van der Waals surface area (Å²) in [5, 5.41) is 2.69. The fraction of sp³-hybridized carbons (Fsp3) is 0.154. The smallest absolute Gasteiger partial charge is 0.253 e. The second kappa shape index (κ2) is 5.27. The number of amides is 3. The molecule has 1 heterocycles. The summed E-state index contributed by atoms with van der Waals surface area (Å²) >= 11 is 0. The van der Waals surface area contributed by atoms with Crippen LogP contribution in [0.1, 0.15) is 6.42 Å². The highest BCUT2D eigenvalue weighted by Crippen LogP contribution is 2.07. The van der Waals surface area contributed by atoms with Crippen LogP contribution in [0.25, 0.3) is 0 Å². The van der Waals surface area contributed by atoms with Crippen molar-refractivity contribution < 1.29 is 14.4 Å². The van der Waals surface area contributed by atoms with Gasteiger partial charge < -0.3 is 5.32 Å². The Hall–Kier alpha value is -2.43. The highest BCUT2D eigenvalue weighted by Gasteiger charge is 2.23. The van der Waals surface area contributed by atoms with E-state index in [2.05, 4.69) is 5.32 Å². The van der Waals surface area contributed by atoms with Crippen molar-refractivity contribution in [2.75, 3.05) is 11.9 Å². The fourth-order valence-corrected chi connectivity index (χ4v) is 1.61. The normalized spacial score (nSPS) is 14.1. The van der Waals surface area contributed by atoms with Gasteiger partial charge in [-0.3, -0.25) is 19.3 Å². The Balaban J connectivity index is 1.82. The molecule has 0 saturated carbocycles. The number of imide groups is 1. The summed E-state index contributed by atoms with van der Waals surface area (Å²) in [5.74, 6) is -0.964. The number of para-hydroxylation sites is 1. The maximum absolute atomic E-state index is 11.6. The van der Waals surface area contributed by atoms with Gasteiger partial charge in [0.15, 0.2) is 0 Å². The molecule has 1 aromatic carbocycles. The van der Waals surface area contributed by atoms with Gasteiger partial charge in [-0.25, -0.2) is 0 Å². The van der Waals surface area contributed by atoms with E-state index in [4.69, 9.17) is 0 Å². The van der Waals surface area contributed by atoms with Gasteiger partial charge in [-0.05, 0) is 12.1 Å². The van der Waals surface area contributed by atoms with Crippen molar-refractivity contribution in [1.29, 1.82) is 0 Å². The van der Waals surface area contributed by atoms with Gasteiger partial charge in [0.25, 0.3) is 11.8 Å². The zero-order valence-electron chi connectivity index (χ0n) is 9.63. The predicted octanol–water partition coefficient (Wildman–Crippen LogP) is 0.940. The lowest BCUT2D eigenvalue weighted by Gasteiger charge is -2.13. The molecule has 0 radical (unpaired) electrons. The average molecular weight is 244 g/mol. The fourth-order valence-electron chi connectivity index (χ4n) is 1.61. The molecule has 0 bridgehead atoms. The van der Waals surface area contributed by atoms with Crippen LogP contribution in [0.15, 0.2) is 42.5 Å². The van der Waals surface area contributed by atoms with Crippen molar-refractivity contribution in [3.05, 3.63) is 42.5 Å². The van der Waals surface area contributed by atoms with Crippen LogP contribution in [0.3, 0.4) is 0 Å². The monoisotopic (exact) mass is 244 g/mol.